The third-order valence-corrected chi connectivity index (χ3v) is 6.64. The highest BCUT2D eigenvalue weighted by Gasteiger charge is 2.37. The van der Waals surface area contributed by atoms with Crippen molar-refractivity contribution in [2.24, 2.45) is 0 Å². The summed E-state index contributed by atoms with van der Waals surface area (Å²) in [4.78, 5) is 40.6. The number of carbonyl (C=O) groups excluding carboxylic acids is 3. The predicted molar refractivity (Wildman–Crippen MR) is 153 cm³/mol. The van der Waals surface area contributed by atoms with Gasteiger partial charge in [-0.3, -0.25) is 4.79 Å². The van der Waals surface area contributed by atoms with Crippen LogP contribution in [-0.4, -0.2) is 97.3 Å². The number of hydrogen-bond acceptors (Lipinski definition) is 7. The second-order valence-electron chi connectivity index (χ2n) is 11.5. The van der Waals surface area contributed by atoms with Crippen LogP contribution in [0.1, 0.15) is 51.3 Å². The quantitative estimate of drug-likeness (QED) is 0.449. The topological polar surface area (TPSA) is 103 Å². The highest BCUT2D eigenvalue weighted by molar-refractivity contribution is 5.79. The van der Waals surface area contributed by atoms with E-state index in [1.807, 2.05) is 27.7 Å². The van der Waals surface area contributed by atoms with Crippen LogP contribution in [0.15, 0.2) is 30.0 Å². The average Bonchev–Trinajstić information content (AvgIpc) is 2.94. The number of carbonyl (C=O) groups is 3. The van der Waals surface area contributed by atoms with E-state index in [4.69, 9.17) is 9.47 Å². The van der Waals surface area contributed by atoms with Crippen molar-refractivity contribution in [2.45, 2.75) is 65.2 Å². The molecule has 45 heavy (non-hydrogen) atoms. The number of benzene rings is 1. The fraction of sp³-hybridized carbons (Fsp3) is 0.621. The molecule has 0 bridgehead atoms. The van der Waals surface area contributed by atoms with Crippen LogP contribution in [0.5, 0.6) is 0 Å². The minimum absolute atomic E-state index is 0.0159. The smallest absolute Gasteiger partial charge is 0.416 e. The average molecular weight is 654 g/mol. The maximum Gasteiger partial charge on any atom is 0.416 e. The number of likely N-dealkylation sites (N-methyl/N-ethyl adjacent to an activating group) is 1. The number of nitrogens with one attached hydrogen (secondary N) is 2. The molecule has 2 N–H and O–H groups in total. The summed E-state index contributed by atoms with van der Waals surface area (Å²) >= 11 is 0. The summed E-state index contributed by atoms with van der Waals surface area (Å²) in [5.74, 6) is 0.0684. The van der Waals surface area contributed by atoms with Crippen molar-refractivity contribution in [3.05, 3.63) is 46.7 Å². The van der Waals surface area contributed by atoms with Crippen LogP contribution in [0.3, 0.4) is 0 Å². The normalized spacial score (nSPS) is 18.5. The molecule has 1 unspecified atom stereocenters. The first-order chi connectivity index (χ1) is 20.7. The van der Waals surface area contributed by atoms with Crippen LogP contribution in [0, 0.1) is 0 Å². The molecule has 10 nitrogen and oxygen atoms in total. The first-order valence-electron chi connectivity index (χ1n) is 14.3. The second-order valence-corrected chi connectivity index (χ2v) is 11.5. The Morgan fingerprint density at radius 2 is 1.56 bits per heavy atom. The predicted octanol–water partition coefficient (Wildman–Crippen LogP) is 4.84. The molecule has 16 heteroatoms. The molecule has 1 aromatic carbocycles. The SMILES string of the molecule is C/C=C1/CN(C(=O)OCc2cc(C(F)(F)F)cc(C(F)(F)F)c2)CCN1.CNCC(=O)N1CCN(C(=O)OC(C)(C)C)CC1C. The molecule has 3 rings (SSSR count). The van der Waals surface area contributed by atoms with Crippen molar-refractivity contribution in [1.29, 1.82) is 0 Å². The van der Waals surface area contributed by atoms with E-state index < -0.39 is 41.8 Å². The van der Waals surface area contributed by atoms with Gasteiger partial charge >= 0.3 is 24.5 Å². The van der Waals surface area contributed by atoms with Crippen LogP contribution in [-0.2, 0) is 33.2 Å². The highest BCUT2D eigenvalue weighted by atomic mass is 19.4. The molecule has 2 saturated heterocycles. The lowest BCUT2D eigenvalue weighted by molar-refractivity contribution is -0.143. The molecule has 1 aromatic rings. The molecule has 3 amide bonds. The summed E-state index contributed by atoms with van der Waals surface area (Å²) in [6.45, 7) is 11.5. The van der Waals surface area contributed by atoms with Crippen molar-refractivity contribution in [3.63, 3.8) is 0 Å². The summed E-state index contributed by atoms with van der Waals surface area (Å²) < 4.78 is 87.1. The van der Waals surface area contributed by atoms with Gasteiger partial charge in [-0.25, -0.2) is 9.59 Å². The molecular formula is C29H41F6N5O5. The third kappa shape index (κ3) is 12.0. The lowest BCUT2D eigenvalue weighted by atomic mass is 10.1. The first kappa shape index (κ1) is 37.5. The summed E-state index contributed by atoms with van der Waals surface area (Å²) in [6, 6.07) is 1.12. The molecular weight excluding hydrogens is 612 g/mol. The first-order valence-corrected chi connectivity index (χ1v) is 14.3. The van der Waals surface area contributed by atoms with Crippen molar-refractivity contribution in [1.82, 2.24) is 25.3 Å². The zero-order valence-corrected chi connectivity index (χ0v) is 26.2. The van der Waals surface area contributed by atoms with Crippen molar-refractivity contribution < 1.29 is 50.2 Å². The Labute approximate surface area is 258 Å². The number of ether oxygens (including phenoxy) is 2. The Hall–Kier alpha value is -3.69. The summed E-state index contributed by atoms with van der Waals surface area (Å²) in [5, 5.41) is 5.89. The number of hydrogen-bond donors (Lipinski definition) is 2. The van der Waals surface area contributed by atoms with Gasteiger partial charge in [0.15, 0.2) is 0 Å². The van der Waals surface area contributed by atoms with Gasteiger partial charge in [-0.1, -0.05) is 6.08 Å². The summed E-state index contributed by atoms with van der Waals surface area (Å²) in [5.41, 5.74) is -3.00. The van der Waals surface area contributed by atoms with E-state index in [0.717, 1.165) is 5.70 Å². The van der Waals surface area contributed by atoms with Gasteiger partial charge in [0.05, 0.1) is 24.2 Å². The van der Waals surface area contributed by atoms with E-state index in [9.17, 15) is 40.7 Å². The van der Waals surface area contributed by atoms with Crippen LogP contribution < -0.4 is 10.6 Å². The van der Waals surface area contributed by atoms with Gasteiger partial charge in [0, 0.05) is 44.5 Å². The lowest BCUT2D eigenvalue weighted by Crippen LogP contribution is -2.57. The zero-order chi connectivity index (χ0) is 34.2. The van der Waals surface area contributed by atoms with Gasteiger partial charge in [-0.05, 0) is 65.4 Å². The van der Waals surface area contributed by atoms with Crippen molar-refractivity contribution in [2.75, 3.05) is 52.9 Å². The largest absolute Gasteiger partial charge is 0.445 e. The Morgan fingerprint density at radius 1 is 0.956 bits per heavy atom. The lowest BCUT2D eigenvalue weighted by Gasteiger charge is -2.40. The monoisotopic (exact) mass is 653 g/mol. The van der Waals surface area contributed by atoms with Crippen molar-refractivity contribution >= 4 is 18.1 Å². The van der Waals surface area contributed by atoms with Crippen LogP contribution in [0.2, 0.25) is 0 Å². The minimum atomic E-state index is -4.95. The molecule has 2 aliphatic rings. The molecule has 0 spiro atoms. The molecule has 2 fully saturated rings. The fourth-order valence-electron chi connectivity index (χ4n) is 4.45. The van der Waals surface area contributed by atoms with Gasteiger partial charge in [-0.2, -0.15) is 26.3 Å². The maximum atomic E-state index is 12.8. The maximum absolute atomic E-state index is 12.8. The Kier molecular flexibility index (Phi) is 12.9. The number of halogens is 6. The van der Waals surface area contributed by atoms with Crippen LogP contribution >= 0.6 is 0 Å². The Bertz CT molecular complexity index is 1180. The van der Waals surface area contributed by atoms with E-state index in [0.29, 0.717) is 51.4 Å². The number of amides is 3. The molecule has 0 saturated carbocycles. The number of alkyl halides is 6. The number of rotatable bonds is 4. The molecule has 254 valence electrons. The van der Waals surface area contributed by atoms with E-state index in [1.54, 1.807) is 29.8 Å². The molecule has 0 aromatic heterocycles. The molecule has 0 radical (unpaired) electrons. The Balaban J connectivity index is 0.000000330. The molecule has 1 atom stereocenters. The second kappa shape index (κ2) is 15.5. The van der Waals surface area contributed by atoms with Gasteiger partial charge in [0.25, 0.3) is 0 Å². The summed E-state index contributed by atoms with van der Waals surface area (Å²) in [6.07, 6.45) is -9.25. The summed E-state index contributed by atoms with van der Waals surface area (Å²) in [7, 11) is 1.75. The van der Waals surface area contributed by atoms with Gasteiger partial charge in [-0.15, -0.1) is 0 Å². The number of piperazine rings is 2. The van der Waals surface area contributed by atoms with Gasteiger partial charge < -0.3 is 34.8 Å². The molecule has 2 aliphatic heterocycles. The highest BCUT2D eigenvalue weighted by Crippen LogP contribution is 2.36. The molecule has 0 aliphatic carbocycles. The molecule has 2 heterocycles. The van der Waals surface area contributed by atoms with Gasteiger partial charge in [0.1, 0.15) is 12.2 Å². The number of nitrogens with zero attached hydrogens (tertiary/aromatic N) is 3. The van der Waals surface area contributed by atoms with Crippen LogP contribution in [0.25, 0.3) is 0 Å². The van der Waals surface area contributed by atoms with E-state index >= 15 is 0 Å². The number of allylic oxidation sites excluding steroid dienone is 1. The van der Waals surface area contributed by atoms with E-state index in [1.165, 1.54) is 4.90 Å². The minimum Gasteiger partial charge on any atom is -0.445 e. The van der Waals surface area contributed by atoms with E-state index in [-0.39, 0.29) is 36.2 Å². The van der Waals surface area contributed by atoms with Crippen LogP contribution in [0.4, 0.5) is 35.9 Å². The Morgan fingerprint density at radius 3 is 2.04 bits per heavy atom. The van der Waals surface area contributed by atoms with E-state index in [2.05, 4.69) is 10.6 Å². The third-order valence-electron chi connectivity index (χ3n) is 6.64. The van der Waals surface area contributed by atoms with Crippen molar-refractivity contribution in [3.8, 4) is 0 Å². The standard InChI is InChI=1S/C16H16F6N2O2.C13H25N3O3/c1-2-13-8-24(4-3-23-13)14(25)26-9-10-5-11(15(17,18)19)7-12(6-10)16(20,21)22;1-10-9-15(12(18)19-13(2,3)4)6-7-16(10)11(17)8-14-5/h2,5-7,23H,3-4,8-9H2,1H3;10,14H,6-9H2,1-5H3/b13-2-;. The fourth-order valence-corrected chi connectivity index (χ4v) is 4.45. The zero-order valence-electron chi connectivity index (χ0n) is 26.2. The van der Waals surface area contributed by atoms with Gasteiger partial charge in [0.2, 0.25) is 5.91 Å².